The van der Waals surface area contributed by atoms with Gasteiger partial charge in [-0.15, -0.1) is 0 Å². The van der Waals surface area contributed by atoms with Crippen molar-refractivity contribution in [2.75, 3.05) is 61.5 Å². The van der Waals surface area contributed by atoms with Gasteiger partial charge in [0.25, 0.3) is 5.91 Å². The highest BCUT2D eigenvalue weighted by atomic mass is 16.5. The molecule has 0 aliphatic carbocycles. The van der Waals surface area contributed by atoms with E-state index in [-0.39, 0.29) is 11.8 Å². The molecule has 36 heavy (non-hydrogen) atoms. The highest BCUT2D eigenvalue weighted by Gasteiger charge is 2.27. The SMILES string of the molecule is CCCCC(=O)Nc1ccc(N2CCN(c3ccccc3OC)CC2)c(C(=O)N2CCC(C)CC2)c1. The number of rotatable bonds is 8. The summed E-state index contributed by atoms with van der Waals surface area (Å²) in [5, 5.41) is 3.00. The van der Waals surface area contributed by atoms with E-state index < -0.39 is 0 Å². The first-order valence-electron chi connectivity index (χ1n) is 13.4. The zero-order valence-corrected chi connectivity index (χ0v) is 22.0. The van der Waals surface area contributed by atoms with Gasteiger partial charge in [0.15, 0.2) is 0 Å². The van der Waals surface area contributed by atoms with Gasteiger partial charge in [0.05, 0.1) is 18.4 Å². The Kier molecular flexibility index (Phi) is 8.73. The van der Waals surface area contributed by atoms with Crippen LogP contribution in [0.4, 0.5) is 17.1 Å². The van der Waals surface area contributed by atoms with Crippen LogP contribution in [0.2, 0.25) is 0 Å². The molecule has 2 heterocycles. The lowest BCUT2D eigenvalue weighted by Gasteiger charge is -2.39. The molecule has 1 N–H and O–H groups in total. The fourth-order valence-corrected chi connectivity index (χ4v) is 5.08. The summed E-state index contributed by atoms with van der Waals surface area (Å²) in [6.45, 7) is 9.18. The molecule has 2 aliphatic heterocycles. The third-order valence-corrected chi connectivity index (χ3v) is 7.39. The van der Waals surface area contributed by atoms with Crippen molar-refractivity contribution in [2.45, 2.75) is 46.0 Å². The van der Waals surface area contributed by atoms with Crippen LogP contribution in [0.3, 0.4) is 0 Å². The topological polar surface area (TPSA) is 65.1 Å². The van der Waals surface area contributed by atoms with Gasteiger partial charge in [0.1, 0.15) is 5.75 Å². The molecule has 2 aromatic rings. The Morgan fingerprint density at radius 3 is 2.28 bits per heavy atom. The van der Waals surface area contributed by atoms with Crippen LogP contribution in [0.25, 0.3) is 0 Å². The number of amides is 2. The van der Waals surface area contributed by atoms with Crippen molar-refractivity contribution in [2.24, 2.45) is 5.92 Å². The highest BCUT2D eigenvalue weighted by Crippen LogP contribution is 2.32. The molecule has 2 aliphatic rings. The van der Waals surface area contributed by atoms with Crippen LogP contribution >= 0.6 is 0 Å². The van der Waals surface area contributed by atoms with Crippen molar-refractivity contribution in [3.8, 4) is 5.75 Å². The van der Waals surface area contributed by atoms with E-state index in [9.17, 15) is 9.59 Å². The number of unbranched alkanes of at least 4 members (excludes halogenated alkanes) is 1. The Hall–Kier alpha value is -3.22. The first kappa shape index (κ1) is 25.9. The van der Waals surface area contributed by atoms with Crippen LogP contribution in [0.1, 0.15) is 56.3 Å². The van der Waals surface area contributed by atoms with Gasteiger partial charge in [-0.05, 0) is 55.5 Å². The number of carbonyl (C=O) groups excluding carboxylic acids is 2. The molecule has 2 fully saturated rings. The van der Waals surface area contributed by atoms with Crippen LogP contribution in [-0.4, -0.2) is 63.1 Å². The predicted octanol–water partition coefficient (Wildman–Crippen LogP) is 5.02. The molecule has 2 aromatic carbocycles. The Morgan fingerprint density at radius 1 is 0.944 bits per heavy atom. The summed E-state index contributed by atoms with van der Waals surface area (Å²) < 4.78 is 5.56. The van der Waals surface area contributed by atoms with Crippen molar-refractivity contribution in [1.82, 2.24) is 4.90 Å². The van der Waals surface area contributed by atoms with Crippen molar-refractivity contribution < 1.29 is 14.3 Å². The van der Waals surface area contributed by atoms with E-state index in [2.05, 4.69) is 35.0 Å². The molecule has 0 aromatic heterocycles. The smallest absolute Gasteiger partial charge is 0.256 e. The lowest BCUT2D eigenvalue weighted by atomic mass is 9.98. The van der Waals surface area contributed by atoms with Crippen LogP contribution in [-0.2, 0) is 4.79 Å². The lowest BCUT2D eigenvalue weighted by Crippen LogP contribution is -2.47. The van der Waals surface area contributed by atoms with Crippen molar-refractivity contribution in [1.29, 1.82) is 0 Å². The summed E-state index contributed by atoms with van der Waals surface area (Å²) in [5.74, 6) is 1.60. The number of piperidine rings is 1. The number of hydrogen-bond donors (Lipinski definition) is 1. The molecular weight excluding hydrogens is 452 g/mol. The zero-order chi connectivity index (χ0) is 25.5. The van der Waals surface area contributed by atoms with Crippen LogP contribution in [0.15, 0.2) is 42.5 Å². The van der Waals surface area contributed by atoms with E-state index in [1.54, 1.807) is 7.11 Å². The number of nitrogens with one attached hydrogen (secondary N) is 1. The number of hydrogen-bond acceptors (Lipinski definition) is 5. The Bertz CT molecular complexity index is 1040. The molecule has 0 saturated carbocycles. The lowest BCUT2D eigenvalue weighted by molar-refractivity contribution is -0.116. The van der Waals surface area contributed by atoms with Crippen LogP contribution in [0, 0.1) is 5.92 Å². The molecule has 2 amide bonds. The number of anilines is 3. The predicted molar refractivity (Wildman–Crippen MR) is 146 cm³/mol. The van der Waals surface area contributed by atoms with Gasteiger partial charge >= 0.3 is 0 Å². The second-order valence-electron chi connectivity index (χ2n) is 10.0. The number of carbonyl (C=O) groups is 2. The summed E-state index contributed by atoms with van der Waals surface area (Å²) in [5.41, 5.74) is 3.43. The minimum absolute atomic E-state index is 0.000203. The Labute approximate surface area is 215 Å². The fourth-order valence-electron chi connectivity index (χ4n) is 5.08. The third kappa shape index (κ3) is 6.12. The molecule has 0 bridgehead atoms. The Balaban J connectivity index is 1.54. The molecular formula is C29H40N4O3. The van der Waals surface area contributed by atoms with Gasteiger partial charge in [0, 0.05) is 57.1 Å². The summed E-state index contributed by atoms with van der Waals surface area (Å²) in [6, 6.07) is 13.9. The highest BCUT2D eigenvalue weighted by molar-refractivity contribution is 6.02. The molecule has 4 rings (SSSR count). The third-order valence-electron chi connectivity index (χ3n) is 7.39. The summed E-state index contributed by atoms with van der Waals surface area (Å²) >= 11 is 0. The number of benzene rings is 2. The monoisotopic (exact) mass is 492 g/mol. The average molecular weight is 493 g/mol. The first-order chi connectivity index (χ1) is 17.5. The molecule has 2 saturated heterocycles. The normalized spacial score (nSPS) is 16.7. The number of para-hydroxylation sites is 2. The second-order valence-corrected chi connectivity index (χ2v) is 10.0. The van der Waals surface area contributed by atoms with Crippen LogP contribution < -0.4 is 19.9 Å². The first-order valence-corrected chi connectivity index (χ1v) is 13.4. The molecule has 0 atom stereocenters. The van der Waals surface area contributed by atoms with Gasteiger partial charge in [-0.25, -0.2) is 0 Å². The summed E-state index contributed by atoms with van der Waals surface area (Å²) in [4.78, 5) is 32.7. The second kappa shape index (κ2) is 12.2. The largest absolute Gasteiger partial charge is 0.495 e. The molecule has 194 valence electrons. The van der Waals surface area contributed by atoms with E-state index >= 15 is 0 Å². The number of likely N-dealkylation sites (tertiary alicyclic amines) is 1. The van der Waals surface area contributed by atoms with Gasteiger partial charge in [-0.3, -0.25) is 9.59 Å². The maximum absolute atomic E-state index is 13.7. The zero-order valence-electron chi connectivity index (χ0n) is 22.0. The van der Waals surface area contributed by atoms with E-state index in [1.807, 2.05) is 41.3 Å². The van der Waals surface area contributed by atoms with E-state index in [0.717, 1.165) is 82.1 Å². The minimum Gasteiger partial charge on any atom is -0.495 e. The van der Waals surface area contributed by atoms with Crippen molar-refractivity contribution in [3.63, 3.8) is 0 Å². The maximum atomic E-state index is 13.7. The van der Waals surface area contributed by atoms with Crippen LogP contribution in [0.5, 0.6) is 5.75 Å². The summed E-state index contributed by atoms with van der Waals surface area (Å²) in [6.07, 6.45) is 4.40. The summed E-state index contributed by atoms with van der Waals surface area (Å²) in [7, 11) is 1.71. The number of nitrogens with zero attached hydrogens (tertiary/aromatic N) is 3. The van der Waals surface area contributed by atoms with Crippen molar-refractivity contribution in [3.05, 3.63) is 48.0 Å². The average Bonchev–Trinajstić information content (AvgIpc) is 2.92. The molecule has 7 heteroatoms. The standard InChI is InChI=1S/C29H40N4O3/c1-4-5-10-28(34)30-23-11-12-25(24(21-23)29(35)33-15-13-22(2)14-16-33)31-17-19-32(20-18-31)26-8-6-7-9-27(26)36-3/h6-9,11-12,21-22H,4-5,10,13-20H2,1-3H3,(H,30,34). The maximum Gasteiger partial charge on any atom is 0.256 e. The van der Waals surface area contributed by atoms with E-state index in [1.165, 1.54) is 0 Å². The number of ether oxygens (including phenoxy) is 1. The van der Waals surface area contributed by atoms with Crippen molar-refractivity contribution >= 4 is 28.9 Å². The Morgan fingerprint density at radius 2 is 1.61 bits per heavy atom. The number of methoxy groups -OCH3 is 1. The molecule has 0 radical (unpaired) electrons. The van der Waals surface area contributed by atoms with Gasteiger partial charge in [-0.1, -0.05) is 32.4 Å². The molecule has 7 nitrogen and oxygen atoms in total. The van der Waals surface area contributed by atoms with E-state index in [0.29, 0.717) is 23.6 Å². The van der Waals surface area contributed by atoms with E-state index in [4.69, 9.17) is 4.74 Å². The number of piperazine rings is 1. The quantitative estimate of drug-likeness (QED) is 0.560. The van der Waals surface area contributed by atoms with Gasteiger partial charge in [-0.2, -0.15) is 0 Å². The van der Waals surface area contributed by atoms with Gasteiger partial charge in [0.2, 0.25) is 5.91 Å². The molecule has 0 unspecified atom stereocenters. The fraction of sp³-hybridized carbons (Fsp3) is 0.517. The minimum atomic E-state index is 0.000203. The molecule has 0 spiro atoms. The van der Waals surface area contributed by atoms with Gasteiger partial charge < -0.3 is 24.8 Å².